The molecule has 1 aromatic heterocycles. The van der Waals surface area contributed by atoms with Gasteiger partial charge in [-0.1, -0.05) is 0 Å². The fourth-order valence-electron chi connectivity index (χ4n) is 0.511. The summed E-state index contributed by atoms with van der Waals surface area (Å²) in [6.45, 7) is 0. The molecule has 0 aliphatic heterocycles. The monoisotopic (exact) mass is 155 g/mol. The second kappa shape index (κ2) is 2.45. The lowest BCUT2D eigenvalue weighted by molar-refractivity contribution is -0.271. The minimum atomic E-state index is -1.37. The lowest BCUT2D eigenvalue weighted by Gasteiger charge is -2.00. The van der Waals surface area contributed by atoms with Crippen LogP contribution in [0.2, 0.25) is 0 Å². The second-order valence-corrected chi connectivity index (χ2v) is 1.78. The third kappa shape index (κ3) is 1.37. The fraction of sp³-hybridized carbons (Fsp3) is 0. The molecule has 0 fully saturated rings. The van der Waals surface area contributed by atoms with Gasteiger partial charge in [0.2, 0.25) is 5.76 Å². The molecular formula is C6H3O5-. The predicted octanol–water partition coefficient (Wildman–Crippen LogP) is -0.588. The Morgan fingerprint density at radius 1 is 1.64 bits per heavy atom. The fourth-order valence-corrected chi connectivity index (χ4v) is 0.511. The summed E-state index contributed by atoms with van der Waals surface area (Å²) < 4.78 is 4.29. The predicted molar refractivity (Wildman–Crippen MR) is 31.4 cm³/mol. The first-order chi connectivity index (χ1) is 5.11. The van der Waals surface area contributed by atoms with Crippen LogP contribution in [0, 0.1) is 0 Å². The highest BCUT2D eigenvalue weighted by Gasteiger charge is 2.04. The van der Waals surface area contributed by atoms with E-state index in [2.05, 4.69) is 4.42 Å². The van der Waals surface area contributed by atoms with Crippen molar-refractivity contribution in [1.29, 1.82) is 0 Å². The molecule has 1 N–H and O–H groups in total. The first kappa shape index (κ1) is 7.33. The molecule has 58 valence electrons. The zero-order valence-corrected chi connectivity index (χ0v) is 5.23. The Bertz CT molecular complexity index is 337. The summed E-state index contributed by atoms with van der Waals surface area (Å²) in [5.74, 6) is -2.76. The van der Waals surface area contributed by atoms with E-state index in [0.717, 1.165) is 0 Å². The number of hydrogen-bond acceptors (Lipinski definition) is 4. The maximum Gasteiger partial charge on any atom is 0.371 e. The van der Waals surface area contributed by atoms with E-state index < -0.39 is 22.9 Å². The van der Waals surface area contributed by atoms with E-state index in [9.17, 15) is 14.7 Å². The average Bonchev–Trinajstić information content (AvgIpc) is 1.94. The molecule has 0 amide bonds. The number of carboxylic acid groups (broad SMARTS) is 1. The molecule has 5 nitrogen and oxygen atoms in total. The third-order valence-electron chi connectivity index (χ3n) is 1.01. The van der Waals surface area contributed by atoms with Crippen LogP contribution in [0.4, 0.5) is 0 Å². The number of rotatable bonds is 1. The number of carboxylic acids is 1. The summed E-state index contributed by atoms with van der Waals surface area (Å²) in [5.41, 5.74) is -0.881. The molecule has 0 bridgehead atoms. The highest BCUT2D eigenvalue weighted by Crippen LogP contribution is 1.99. The molecule has 0 atom stereocenters. The van der Waals surface area contributed by atoms with Crippen molar-refractivity contribution in [2.45, 2.75) is 0 Å². The molecule has 5 heteroatoms. The zero-order valence-electron chi connectivity index (χ0n) is 5.23. The molecule has 0 spiro atoms. The van der Waals surface area contributed by atoms with Crippen molar-refractivity contribution in [3.8, 4) is 5.75 Å². The number of carbonyl (C=O) groups is 1. The summed E-state index contributed by atoms with van der Waals surface area (Å²) in [7, 11) is 0. The molecule has 0 aliphatic rings. The van der Waals surface area contributed by atoms with Gasteiger partial charge in [0.25, 0.3) is 0 Å². The van der Waals surface area contributed by atoms with Crippen molar-refractivity contribution in [1.82, 2.24) is 0 Å². The molecule has 11 heavy (non-hydrogen) atoms. The van der Waals surface area contributed by atoms with Gasteiger partial charge in [-0.05, 0) is 5.75 Å². The van der Waals surface area contributed by atoms with Gasteiger partial charge in [0.1, 0.15) is 0 Å². The van der Waals surface area contributed by atoms with Crippen LogP contribution in [0.5, 0.6) is 5.75 Å². The quantitative estimate of drug-likeness (QED) is 0.585. The van der Waals surface area contributed by atoms with Crippen molar-refractivity contribution in [2.75, 3.05) is 0 Å². The molecule has 1 heterocycles. The van der Waals surface area contributed by atoms with E-state index in [0.29, 0.717) is 12.3 Å². The van der Waals surface area contributed by atoms with Gasteiger partial charge in [0.15, 0.2) is 5.43 Å². The van der Waals surface area contributed by atoms with Crippen LogP contribution < -0.4 is 10.5 Å². The second-order valence-electron chi connectivity index (χ2n) is 1.78. The van der Waals surface area contributed by atoms with Crippen LogP contribution in [0.15, 0.2) is 21.5 Å². The molecule has 1 aromatic rings. The standard InChI is InChI=1S/C6H4O5/c7-3-1-5(6(9)10)11-2-4(3)8/h1-2,8H,(H,9,10)/p-1. The van der Waals surface area contributed by atoms with E-state index in [-0.39, 0.29) is 0 Å². The Kier molecular flexibility index (Phi) is 1.63. The molecule has 0 unspecified atom stereocenters. The summed E-state index contributed by atoms with van der Waals surface area (Å²) in [4.78, 5) is 20.6. The van der Waals surface area contributed by atoms with Gasteiger partial charge in [-0.2, -0.15) is 0 Å². The van der Waals surface area contributed by atoms with Crippen molar-refractivity contribution >= 4 is 5.97 Å². The summed E-state index contributed by atoms with van der Waals surface area (Å²) in [6.07, 6.45) is 0.575. The molecular weight excluding hydrogens is 152 g/mol. The minimum absolute atomic E-state index is 0.533. The SMILES string of the molecule is O=C(O)c1cc(=O)c([O-])co1. The van der Waals surface area contributed by atoms with Crippen LogP contribution in [0.1, 0.15) is 10.6 Å². The van der Waals surface area contributed by atoms with Crippen molar-refractivity contribution in [3.05, 3.63) is 28.3 Å². The van der Waals surface area contributed by atoms with Crippen LogP contribution in [0.25, 0.3) is 0 Å². The van der Waals surface area contributed by atoms with Gasteiger partial charge in [-0.3, -0.25) is 4.79 Å². The van der Waals surface area contributed by atoms with Gasteiger partial charge in [0.05, 0.1) is 6.26 Å². The lowest BCUT2D eigenvalue weighted by atomic mass is 10.4. The Hall–Kier alpha value is -1.78. The summed E-state index contributed by atoms with van der Waals surface area (Å²) in [5, 5.41) is 18.7. The van der Waals surface area contributed by atoms with Crippen LogP contribution in [-0.2, 0) is 0 Å². The zero-order chi connectivity index (χ0) is 8.43. The Morgan fingerprint density at radius 2 is 2.27 bits per heavy atom. The largest absolute Gasteiger partial charge is 0.868 e. The smallest absolute Gasteiger partial charge is 0.371 e. The van der Waals surface area contributed by atoms with Gasteiger partial charge in [-0.25, -0.2) is 4.79 Å². The Morgan fingerprint density at radius 3 is 2.73 bits per heavy atom. The highest BCUT2D eigenvalue weighted by molar-refractivity contribution is 5.84. The maximum absolute atomic E-state index is 10.5. The van der Waals surface area contributed by atoms with Crippen LogP contribution >= 0.6 is 0 Å². The van der Waals surface area contributed by atoms with Crippen molar-refractivity contribution in [2.24, 2.45) is 0 Å². The van der Waals surface area contributed by atoms with E-state index in [1.165, 1.54) is 0 Å². The molecule has 0 saturated carbocycles. The minimum Gasteiger partial charge on any atom is -0.868 e. The Labute approximate surface area is 60.5 Å². The van der Waals surface area contributed by atoms with E-state index >= 15 is 0 Å². The van der Waals surface area contributed by atoms with Crippen LogP contribution in [-0.4, -0.2) is 11.1 Å². The van der Waals surface area contributed by atoms with E-state index in [4.69, 9.17) is 5.11 Å². The topological polar surface area (TPSA) is 90.6 Å². The van der Waals surface area contributed by atoms with Crippen molar-refractivity contribution in [3.63, 3.8) is 0 Å². The van der Waals surface area contributed by atoms with Gasteiger partial charge in [0, 0.05) is 6.07 Å². The van der Waals surface area contributed by atoms with E-state index in [1.807, 2.05) is 0 Å². The Balaban J connectivity index is 3.26. The van der Waals surface area contributed by atoms with E-state index in [1.54, 1.807) is 0 Å². The summed E-state index contributed by atoms with van der Waals surface area (Å²) >= 11 is 0. The molecule has 0 radical (unpaired) electrons. The van der Waals surface area contributed by atoms with Gasteiger partial charge in [-0.15, -0.1) is 0 Å². The molecule has 1 rings (SSSR count). The van der Waals surface area contributed by atoms with Crippen molar-refractivity contribution < 1.29 is 19.4 Å². The first-order valence-electron chi connectivity index (χ1n) is 2.64. The highest BCUT2D eigenvalue weighted by atomic mass is 16.4. The normalized spacial score (nSPS) is 9.45. The number of aromatic carboxylic acids is 1. The lowest BCUT2D eigenvalue weighted by Crippen LogP contribution is -2.10. The molecule has 0 aliphatic carbocycles. The molecule has 0 aromatic carbocycles. The number of hydrogen-bond donors (Lipinski definition) is 1. The summed E-state index contributed by atoms with van der Waals surface area (Å²) in [6, 6.07) is 0.644. The third-order valence-corrected chi connectivity index (χ3v) is 1.01. The maximum atomic E-state index is 10.5. The molecule has 0 saturated heterocycles. The van der Waals surface area contributed by atoms with Gasteiger partial charge < -0.3 is 14.6 Å². The van der Waals surface area contributed by atoms with Gasteiger partial charge >= 0.3 is 5.97 Å². The first-order valence-corrected chi connectivity index (χ1v) is 2.64. The van der Waals surface area contributed by atoms with Crippen LogP contribution in [0.3, 0.4) is 0 Å². The average molecular weight is 155 g/mol.